The molecule has 4 saturated carbocycles. The number of benzene rings is 1. The summed E-state index contributed by atoms with van der Waals surface area (Å²) in [4.78, 5) is 54.7. The molecule has 5 nitrogen and oxygen atoms in total. The predicted octanol–water partition coefficient (Wildman–Crippen LogP) is 5.13. The Labute approximate surface area is 219 Å². The molecule has 1 saturated heterocycles. The summed E-state index contributed by atoms with van der Waals surface area (Å²) in [5.74, 6) is 0.838. The molecule has 5 heteroatoms. The number of Topliss-reactive ketones (excluding diaryl/α,β-unsaturated/α-hetero) is 1. The van der Waals surface area contributed by atoms with E-state index in [2.05, 4.69) is 13.8 Å². The van der Waals surface area contributed by atoms with Crippen molar-refractivity contribution in [2.24, 2.45) is 52.3 Å². The second-order valence-electron chi connectivity index (χ2n) is 13.4. The maximum absolute atomic E-state index is 13.8. The second kappa shape index (κ2) is 7.97. The van der Waals surface area contributed by atoms with E-state index in [1.165, 1.54) is 10.5 Å². The molecule has 0 N–H and O–H groups in total. The van der Waals surface area contributed by atoms with Crippen LogP contribution in [0.3, 0.4) is 0 Å². The van der Waals surface area contributed by atoms with Crippen LogP contribution in [0.5, 0.6) is 0 Å². The molecule has 1 heterocycles. The van der Waals surface area contributed by atoms with Crippen molar-refractivity contribution in [1.82, 2.24) is 4.90 Å². The zero-order valence-corrected chi connectivity index (χ0v) is 21.9. The second-order valence-corrected chi connectivity index (χ2v) is 13.4. The molecule has 0 aromatic heterocycles. The van der Waals surface area contributed by atoms with E-state index in [1.54, 1.807) is 0 Å². The molecule has 0 spiro atoms. The largest absolute Gasteiger partial charge is 0.299 e. The number of amides is 2. The van der Waals surface area contributed by atoms with Crippen LogP contribution >= 0.6 is 0 Å². The summed E-state index contributed by atoms with van der Waals surface area (Å²) >= 11 is 0. The maximum Gasteiger partial charge on any atom is 0.233 e. The third-order valence-corrected chi connectivity index (χ3v) is 12.0. The molecular formula is C32H37NO4. The molecule has 1 aromatic rings. The molecule has 0 unspecified atom stereocenters. The van der Waals surface area contributed by atoms with Gasteiger partial charge in [0.05, 0.1) is 18.4 Å². The van der Waals surface area contributed by atoms with Crippen LogP contribution in [0.25, 0.3) is 0 Å². The van der Waals surface area contributed by atoms with E-state index in [9.17, 15) is 19.2 Å². The minimum atomic E-state index is -0.479. The van der Waals surface area contributed by atoms with Gasteiger partial charge in [-0.25, -0.2) is 0 Å². The van der Waals surface area contributed by atoms with Crippen molar-refractivity contribution in [2.45, 2.75) is 71.8 Å². The summed E-state index contributed by atoms with van der Waals surface area (Å²) in [7, 11) is 0. The third-order valence-electron chi connectivity index (χ3n) is 12.0. The zero-order valence-electron chi connectivity index (χ0n) is 21.9. The van der Waals surface area contributed by atoms with Crippen LogP contribution in [0.1, 0.15) is 70.8 Å². The monoisotopic (exact) mass is 499 g/mol. The lowest BCUT2D eigenvalue weighted by atomic mass is 9.46. The van der Waals surface area contributed by atoms with Gasteiger partial charge in [0.2, 0.25) is 11.8 Å². The number of nitrogens with zero attached hydrogens (tertiary/aromatic N) is 1. The van der Waals surface area contributed by atoms with Crippen LogP contribution in [0.4, 0.5) is 0 Å². The molecule has 6 aliphatic rings. The Kier molecular flexibility index (Phi) is 5.07. The fourth-order valence-corrected chi connectivity index (χ4v) is 10.4. The summed E-state index contributed by atoms with van der Waals surface area (Å²) in [5, 5.41) is 0. The van der Waals surface area contributed by atoms with E-state index < -0.39 is 5.92 Å². The van der Waals surface area contributed by atoms with Crippen LogP contribution in [0.2, 0.25) is 0 Å². The first-order valence-electron chi connectivity index (χ1n) is 14.4. The van der Waals surface area contributed by atoms with Crippen LogP contribution in [0, 0.1) is 52.3 Å². The van der Waals surface area contributed by atoms with Crippen LogP contribution < -0.4 is 0 Å². The average molecular weight is 500 g/mol. The van der Waals surface area contributed by atoms with Gasteiger partial charge in [-0.2, -0.15) is 0 Å². The fraction of sp³-hybridized carbons (Fsp3) is 0.625. The number of hydrogen-bond acceptors (Lipinski definition) is 4. The van der Waals surface area contributed by atoms with Crippen LogP contribution in [-0.4, -0.2) is 28.3 Å². The molecule has 0 radical (unpaired) electrons. The zero-order chi connectivity index (χ0) is 25.7. The topological polar surface area (TPSA) is 71.5 Å². The highest BCUT2D eigenvalue weighted by atomic mass is 16.2. The molecule has 2 amide bonds. The maximum atomic E-state index is 13.8. The highest BCUT2D eigenvalue weighted by Crippen LogP contribution is 2.70. The summed E-state index contributed by atoms with van der Waals surface area (Å²) < 4.78 is 0. The van der Waals surface area contributed by atoms with Crippen molar-refractivity contribution in [3.8, 4) is 0 Å². The lowest BCUT2D eigenvalue weighted by Gasteiger charge is -2.58. The van der Waals surface area contributed by atoms with Gasteiger partial charge in [-0.15, -0.1) is 0 Å². The lowest BCUT2D eigenvalue weighted by Crippen LogP contribution is -2.52. The number of imide groups is 1. The number of allylic oxidation sites excluding steroid dienone is 1. The number of rotatable bonds is 2. The van der Waals surface area contributed by atoms with Crippen molar-refractivity contribution in [1.29, 1.82) is 0 Å². The number of carbonyl (C=O) groups is 4. The van der Waals surface area contributed by atoms with E-state index in [1.807, 2.05) is 36.4 Å². The van der Waals surface area contributed by atoms with Crippen LogP contribution in [0.15, 0.2) is 42.0 Å². The van der Waals surface area contributed by atoms with Gasteiger partial charge in [-0.1, -0.05) is 49.8 Å². The summed E-state index contributed by atoms with van der Waals surface area (Å²) in [6.07, 6.45) is 8.81. The Morgan fingerprint density at radius 2 is 1.68 bits per heavy atom. The van der Waals surface area contributed by atoms with Gasteiger partial charge in [0, 0.05) is 18.8 Å². The molecule has 194 valence electrons. The van der Waals surface area contributed by atoms with E-state index in [0.717, 1.165) is 44.1 Å². The molecule has 7 rings (SSSR count). The molecule has 5 aliphatic carbocycles. The first-order chi connectivity index (χ1) is 17.7. The van der Waals surface area contributed by atoms with E-state index in [-0.39, 0.29) is 58.4 Å². The Balaban J connectivity index is 1.20. The van der Waals surface area contributed by atoms with Gasteiger partial charge in [0.15, 0.2) is 5.78 Å². The van der Waals surface area contributed by atoms with Gasteiger partial charge >= 0.3 is 0 Å². The minimum absolute atomic E-state index is 0.0186. The molecule has 9 atom stereocenters. The number of ketones is 2. The van der Waals surface area contributed by atoms with Crippen molar-refractivity contribution < 1.29 is 19.2 Å². The van der Waals surface area contributed by atoms with Crippen LogP contribution in [-0.2, 0) is 25.7 Å². The van der Waals surface area contributed by atoms with Crippen molar-refractivity contribution >= 4 is 23.4 Å². The SMILES string of the molecule is C[C@]12CC[C@H]3[C@@H](CCC4=CC(=O)CC[C@@]43C)[C@@H]1C[C@@H]1[C@H]3C(=O)N(Cc4ccccc4)C(=O)[C@@H]3CC(=O)[C@@H]12. The van der Waals surface area contributed by atoms with Crippen molar-refractivity contribution in [3.63, 3.8) is 0 Å². The third kappa shape index (κ3) is 3.15. The Morgan fingerprint density at radius 3 is 2.46 bits per heavy atom. The van der Waals surface area contributed by atoms with Gasteiger partial charge in [-0.05, 0) is 84.7 Å². The molecule has 37 heavy (non-hydrogen) atoms. The van der Waals surface area contributed by atoms with Gasteiger partial charge in [-0.3, -0.25) is 24.1 Å². The summed E-state index contributed by atoms with van der Waals surface area (Å²) in [5.41, 5.74) is 2.30. The van der Waals surface area contributed by atoms with E-state index in [4.69, 9.17) is 0 Å². The number of hydrogen-bond donors (Lipinski definition) is 0. The molecule has 0 bridgehead atoms. The quantitative estimate of drug-likeness (QED) is 0.529. The Hall–Kier alpha value is -2.56. The van der Waals surface area contributed by atoms with Crippen molar-refractivity contribution in [2.75, 3.05) is 0 Å². The normalized spacial score (nSPS) is 44.5. The van der Waals surface area contributed by atoms with Gasteiger partial charge in [0.25, 0.3) is 0 Å². The molecule has 1 aromatic carbocycles. The smallest absolute Gasteiger partial charge is 0.233 e. The molecule has 1 aliphatic heterocycles. The number of likely N-dealkylation sites (tertiary alicyclic amines) is 1. The summed E-state index contributed by atoms with van der Waals surface area (Å²) in [6.45, 7) is 5.01. The van der Waals surface area contributed by atoms with Gasteiger partial charge in [0.1, 0.15) is 5.78 Å². The standard InChI is InChI=1S/C32H37NO4/c1-31-12-10-20(34)14-19(31)8-9-21-24(31)11-13-32(2)25(21)15-22-27-23(16-26(35)28(22)32)29(36)33(30(27)37)17-18-6-4-3-5-7-18/h3-7,14,21-25,27-28H,8-13,15-17H2,1-2H3/t21-,22-,23-,24+,25+,27-,28-,31+,32+/m1/s1. The molecule has 5 fully saturated rings. The van der Waals surface area contributed by atoms with E-state index in [0.29, 0.717) is 30.7 Å². The first kappa shape index (κ1) is 23.5. The number of carbonyl (C=O) groups excluding carboxylic acids is 4. The minimum Gasteiger partial charge on any atom is -0.299 e. The summed E-state index contributed by atoms with van der Waals surface area (Å²) in [6, 6.07) is 9.70. The highest BCUT2D eigenvalue weighted by molar-refractivity contribution is 6.08. The number of fused-ring (bicyclic) bond motifs is 9. The predicted molar refractivity (Wildman–Crippen MR) is 138 cm³/mol. The molecular weight excluding hydrogens is 462 g/mol. The lowest BCUT2D eigenvalue weighted by molar-refractivity contribution is -0.142. The average Bonchev–Trinajstić information content (AvgIpc) is 3.32. The highest BCUT2D eigenvalue weighted by Gasteiger charge is 2.68. The van der Waals surface area contributed by atoms with Gasteiger partial charge < -0.3 is 0 Å². The Morgan fingerprint density at radius 1 is 0.892 bits per heavy atom. The Bertz CT molecular complexity index is 1230. The first-order valence-corrected chi connectivity index (χ1v) is 14.4. The van der Waals surface area contributed by atoms with Crippen molar-refractivity contribution in [3.05, 3.63) is 47.5 Å². The fourth-order valence-electron chi connectivity index (χ4n) is 10.4. The van der Waals surface area contributed by atoms with E-state index >= 15 is 0 Å².